The van der Waals surface area contributed by atoms with E-state index in [1.165, 1.54) is 25.7 Å². The van der Waals surface area contributed by atoms with Crippen molar-refractivity contribution in [1.82, 2.24) is 25.1 Å². The molecular weight excluding hydrogens is 364 g/mol. The minimum Gasteiger partial charge on any atom is -0.338 e. The van der Waals surface area contributed by atoms with Gasteiger partial charge in [0.1, 0.15) is 0 Å². The van der Waals surface area contributed by atoms with E-state index in [-0.39, 0.29) is 11.9 Å². The lowest BCUT2D eigenvalue weighted by Crippen LogP contribution is -2.56. The molecule has 1 aliphatic carbocycles. The van der Waals surface area contributed by atoms with E-state index in [2.05, 4.69) is 38.9 Å². The standard InChI is InChI=1S/C22H38N6O/c1-4-26(5-2)17-19-9-6-7-10-20(19)25-18(3)21(29)27-13-15-28(16-14-27)22-23-11-8-12-24-22/h8,11-12,18-20,25H,4-7,9-10,13-17H2,1-3H3/t18-,19+,20+/m1/s1. The Morgan fingerprint density at radius 2 is 1.79 bits per heavy atom. The van der Waals surface area contributed by atoms with Gasteiger partial charge in [0.25, 0.3) is 0 Å². The molecule has 7 nitrogen and oxygen atoms in total. The summed E-state index contributed by atoms with van der Waals surface area (Å²) in [5.41, 5.74) is 0. The molecule has 0 radical (unpaired) electrons. The second-order valence-electron chi connectivity index (χ2n) is 8.39. The number of piperazine rings is 1. The Bertz CT molecular complexity index is 615. The first-order valence-corrected chi connectivity index (χ1v) is 11.4. The Morgan fingerprint density at radius 3 is 2.45 bits per heavy atom. The summed E-state index contributed by atoms with van der Waals surface area (Å²) in [6.45, 7) is 12.9. The Kier molecular flexibility index (Phi) is 8.24. The van der Waals surface area contributed by atoms with Crippen LogP contribution in [0.5, 0.6) is 0 Å². The molecule has 2 fully saturated rings. The van der Waals surface area contributed by atoms with Crippen molar-refractivity contribution in [3.05, 3.63) is 18.5 Å². The van der Waals surface area contributed by atoms with E-state index < -0.39 is 0 Å². The molecule has 29 heavy (non-hydrogen) atoms. The summed E-state index contributed by atoms with van der Waals surface area (Å²) in [5, 5.41) is 3.71. The van der Waals surface area contributed by atoms with Gasteiger partial charge in [-0.3, -0.25) is 4.79 Å². The second-order valence-corrected chi connectivity index (χ2v) is 8.39. The summed E-state index contributed by atoms with van der Waals surface area (Å²) in [6.07, 6.45) is 8.57. The molecule has 3 atom stereocenters. The largest absolute Gasteiger partial charge is 0.338 e. The minimum absolute atomic E-state index is 0.128. The van der Waals surface area contributed by atoms with Gasteiger partial charge in [0.15, 0.2) is 0 Å². The van der Waals surface area contributed by atoms with Crippen molar-refractivity contribution in [3.63, 3.8) is 0 Å². The number of amides is 1. The molecule has 1 aliphatic heterocycles. The van der Waals surface area contributed by atoms with Gasteiger partial charge in [0.05, 0.1) is 6.04 Å². The fourth-order valence-corrected chi connectivity index (χ4v) is 4.71. The third kappa shape index (κ3) is 5.89. The monoisotopic (exact) mass is 402 g/mol. The van der Waals surface area contributed by atoms with Crippen LogP contribution in [0.3, 0.4) is 0 Å². The Balaban J connectivity index is 1.50. The van der Waals surface area contributed by atoms with Crippen LogP contribution < -0.4 is 10.2 Å². The molecule has 1 amide bonds. The van der Waals surface area contributed by atoms with Crippen molar-refractivity contribution in [1.29, 1.82) is 0 Å². The first kappa shape index (κ1) is 22.0. The van der Waals surface area contributed by atoms with Gasteiger partial charge in [-0.25, -0.2) is 9.97 Å². The maximum absolute atomic E-state index is 13.1. The fraction of sp³-hybridized carbons (Fsp3) is 0.773. The van der Waals surface area contributed by atoms with Crippen molar-refractivity contribution in [2.75, 3.05) is 50.7 Å². The molecule has 0 bridgehead atoms. The summed E-state index contributed by atoms with van der Waals surface area (Å²) in [6, 6.07) is 2.15. The van der Waals surface area contributed by atoms with Crippen LogP contribution in [0.4, 0.5) is 5.95 Å². The Morgan fingerprint density at radius 1 is 1.14 bits per heavy atom. The molecule has 2 aliphatic rings. The average molecular weight is 403 g/mol. The van der Waals surface area contributed by atoms with Gasteiger partial charge in [0, 0.05) is 51.2 Å². The fourth-order valence-electron chi connectivity index (χ4n) is 4.71. The van der Waals surface area contributed by atoms with Gasteiger partial charge < -0.3 is 20.0 Å². The van der Waals surface area contributed by atoms with E-state index in [4.69, 9.17) is 0 Å². The molecule has 7 heteroatoms. The molecule has 1 aromatic heterocycles. The van der Waals surface area contributed by atoms with Crippen LogP contribution in [0.2, 0.25) is 0 Å². The SMILES string of the molecule is CCN(CC)C[C@@H]1CCCC[C@@H]1N[C@H](C)C(=O)N1CCN(c2ncccn2)CC1. The van der Waals surface area contributed by atoms with Crippen LogP contribution in [-0.4, -0.2) is 83.6 Å². The van der Waals surface area contributed by atoms with Gasteiger partial charge in [-0.05, 0) is 44.8 Å². The smallest absolute Gasteiger partial charge is 0.239 e. The quantitative estimate of drug-likeness (QED) is 0.718. The highest BCUT2D eigenvalue weighted by molar-refractivity contribution is 5.81. The van der Waals surface area contributed by atoms with Gasteiger partial charge in [-0.15, -0.1) is 0 Å². The molecule has 1 N–H and O–H groups in total. The first-order valence-electron chi connectivity index (χ1n) is 11.4. The third-order valence-corrected chi connectivity index (χ3v) is 6.56. The number of hydrogen-bond donors (Lipinski definition) is 1. The predicted molar refractivity (Wildman–Crippen MR) is 117 cm³/mol. The van der Waals surface area contributed by atoms with Gasteiger partial charge in [-0.2, -0.15) is 0 Å². The molecule has 2 heterocycles. The Hall–Kier alpha value is -1.73. The maximum atomic E-state index is 13.1. The second kappa shape index (κ2) is 10.9. The molecular formula is C22H38N6O. The van der Waals surface area contributed by atoms with Gasteiger partial charge >= 0.3 is 0 Å². The number of hydrogen-bond acceptors (Lipinski definition) is 6. The van der Waals surface area contributed by atoms with Crippen molar-refractivity contribution < 1.29 is 4.79 Å². The zero-order valence-electron chi connectivity index (χ0n) is 18.4. The van der Waals surface area contributed by atoms with E-state index >= 15 is 0 Å². The van der Waals surface area contributed by atoms with Crippen molar-refractivity contribution >= 4 is 11.9 Å². The van der Waals surface area contributed by atoms with E-state index in [9.17, 15) is 4.79 Å². The number of anilines is 1. The molecule has 1 saturated heterocycles. The zero-order chi connectivity index (χ0) is 20.6. The lowest BCUT2D eigenvalue weighted by Gasteiger charge is -2.39. The number of nitrogens with one attached hydrogen (secondary N) is 1. The predicted octanol–water partition coefficient (Wildman–Crippen LogP) is 2.00. The molecule has 0 spiro atoms. The maximum Gasteiger partial charge on any atom is 0.239 e. The number of aromatic nitrogens is 2. The molecule has 162 valence electrons. The van der Waals surface area contributed by atoms with E-state index in [1.807, 2.05) is 17.9 Å². The number of carbonyl (C=O) groups is 1. The van der Waals surface area contributed by atoms with Crippen LogP contribution >= 0.6 is 0 Å². The molecule has 3 rings (SSSR count). The lowest BCUT2D eigenvalue weighted by atomic mass is 9.83. The van der Waals surface area contributed by atoms with Crippen LogP contribution in [-0.2, 0) is 4.79 Å². The lowest BCUT2D eigenvalue weighted by molar-refractivity contribution is -0.133. The normalized spacial score (nSPS) is 24.0. The average Bonchev–Trinajstić information content (AvgIpc) is 2.78. The zero-order valence-corrected chi connectivity index (χ0v) is 18.4. The molecule has 0 unspecified atom stereocenters. The number of carbonyl (C=O) groups excluding carboxylic acids is 1. The minimum atomic E-state index is -0.128. The van der Waals surface area contributed by atoms with E-state index in [0.717, 1.165) is 51.8 Å². The van der Waals surface area contributed by atoms with E-state index in [0.29, 0.717) is 12.0 Å². The molecule has 1 aromatic rings. The summed E-state index contributed by atoms with van der Waals surface area (Å²) in [4.78, 5) is 28.4. The van der Waals surface area contributed by atoms with Gasteiger partial charge in [-0.1, -0.05) is 26.7 Å². The van der Waals surface area contributed by atoms with Crippen LogP contribution in [0.15, 0.2) is 18.5 Å². The van der Waals surface area contributed by atoms with Crippen LogP contribution in [0, 0.1) is 5.92 Å². The summed E-state index contributed by atoms with van der Waals surface area (Å²) < 4.78 is 0. The molecule has 0 aromatic carbocycles. The van der Waals surface area contributed by atoms with E-state index in [1.54, 1.807) is 12.4 Å². The number of nitrogens with zero attached hydrogens (tertiary/aromatic N) is 5. The summed E-state index contributed by atoms with van der Waals surface area (Å²) >= 11 is 0. The van der Waals surface area contributed by atoms with Crippen molar-refractivity contribution in [2.24, 2.45) is 5.92 Å². The van der Waals surface area contributed by atoms with Gasteiger partial charge in [0.2, 0.25) is 11.9 Å². The first-order chi connectivity index (χ1) is 14.1. The molecule has 1 saturated carbocycles. The van der Waals surface area contributed by atoms with Crippen LogP contribution in [0.1, 0.15) is 46.5 Å². The topological polar surface area (TPSA) is 64.6 Å². The highest BCUT2D eigenvalue weighted by Gasteiger charge is 2.31. The highest BCUT2D eigenvalue weighted by Crippen LogP contribution is 2.26. The van der Waals surface area contributed by atoms with Crippen molar-refractivity contribution in [3.8, 4) is 0 Å². The van der Waals surface area contributed by atoms with Crippen LogP contribution in [0.25, 0.3) is 0 Å². The Labute approximate surface area is 175 Å². The summed E-state index contributed by atoms with van der Waals surface area (Å²) in [7, 11) is 0. The number of rotatable bonds is 8. The van der Waals surface area contributed by atoms with Crippen molar-refractivity contribution in [2.45, 2.75) is 58.5 Å². The highest BCUT2D eigenvalue weighted by atomic mass is 16.2. The summed E-state index contributed by atoms with van der Waals surface area (Å²) in [5.74, 6) is 1.63. The third-order valence-electron chi connectivity index (χ3n) is 6.56.